The maximum atomic E-state index is 12.1. The molecule has 4 rings (SSSR count). The van der Waals surface area contributed by atoms with Crippen LogP contribution in [0.15, 0.2) is 12.1 Å². The van der Waals surface area contributed by atoms with Gasteiger partial charge in [-0.3, -0.25) is 4.79 Å². The smallest absolute Gasteiger partial charge is 0.227 e. The lowest BCUT2D eigenvalue weighted by Crippen LogP contribution is -2.39. The molecule has 1 aromatic heterocycles. The number of rotatable bonds is 1. The second kappa shape index (κ2) is 4.56. The van der Waals surface area contributed by atoms with Crippen LogP contribution >= 0.6 is 11.3 Å². The molecule has 2 aromatic rings. The number of nitrogens with two attached hydrogens (primary N) is 1. The molecule has 0 fully saturated rings. The summed E-state index contributed by atoms with van der Waals surface area (Å²) in [4.78, 5) is 19.7. The van der Waals surface area contributed by atoms with Crippen LogP contribution < -0.4 is 10.6 Å². The van der Waals surface area contributed by atoms with E-state index in [0.717, 1.165) is 41.9 Å². The molecule has 0 atom stereocenters. The summed E-state index contributed by atoms with van der Waals surface area (Å²) in [7, 11) is 0. The van der Waals surface area contributed by atoms with Crippen molar-refractivity contribution in [1.82, 2.24) is 4.98 Å². The van der Waals surface area contributed by atoms with Crippen molar-refractivity contribution >= 4 is 28.1 Å². The molecule has 0 spiro atoms. The lowest BCUT2D eigenvalue weighted by atomic mass is 9.89. The highest BCUT2D eigenvalue weighted by Gasteiger charge is 2.30. The number of amides is 1. The predicted molar refractivity (Wildman–Crippen MR) is 85.7 cm³/mol. The SMILES string of the molecule is Cc1sc(N)nc1-c1cc2c3c(c1)CCC(=O)N3CCC2. The quantitative estimate of drug-likeness (QED) is 0.880. The van der Waals surface area contributed by atoms with Crippen LogP contribution in [0.4, 0.5) is 10.8 Å². The number of nitrogen functional groups attached to an aromatic ring is 1. The Kier molecular flexibility index (Phi) is 2.79. The summed E-state index contributed by atoms with van der Waals surface area (Å²) in [5.74, 6) is 0.269. The molecule has 0 radical (unpaired) electrons. The van der Waals surface area contributed by atoms with E-state index in [4.69, 9.17) is 5.73 Å². The van der Waals surface area contributed by atoms with E-state index in [1.165, 1.54) is 28.2 Å². The molecule has 0 aliphatic carbocycles. The molecule has 0 bridgehead atoms. The largest absolute Gasteiger partial charge is 0.375 e. The van der Waals surface area contributed by atoms with Crippen molar-refractivity contribution in [3.8, 4) is 11.3 Å². The van der Waals surface area contributed by atoms with Crippen molar-refractivity contribution in [1.29, 1.82) is 0 Å². The molecule has 3 heterocycles. The second-order valence-electron chi connectivity index (χ2n) is 5.75. The van der Waals surface area contributed by atoms with Gasteiger partial charge in [0.2, 0.25) is 5.91 Å². The van der Waals surface area contributed by atoms with Gasteiger partial charge in [0.1, 0.15) is 0 Å². The van der Waals surface area contributed by atoms with E-state index in [1.54, 1.807) is 0 Å². The van der Waals surface area contributed by atoms with Crippen LogP contribution in [0.2, 0.25) is 0 Å². The van der Waals surface area contributed by atoms with Crippen molar-refractivity contribution in [3.63, 3.8) is 0 Å². The van der Waals surface area contributed by atoms with Gasteiger partial charge >= 0.3 is 0 Å². The zero-order valence-electron chi connectivity index (χ0n) is 12.0. The Morgan fingerprint density at radius 2 is 2.00 bits per heavy atom. The van der Waals surface area contributed by atoms with Gasteiger partial charge in [-0.15, -0.1) is 11.3 Å². The van der Waals surface area contributed by atoms with E-state index in [9.17, 15) is 4.79 Å². The van der Waals surface area contributed by atoms with Crippen LogP contribution in [0.25, 0.3) is 11.3 Å². The highest BCUT2D eigenvalue weighted by Crippen LogP contribution is 2.40. The number of aromatic nitrogens is 1. The average molecular weight is 299 g/mol. The molecule has 108 valence electrons. The summed E-state index contributed by atoms with van der Waals surface area (Å²) in [5, 5.41) is 0.616. The molecule has 2 aliphatic rings. The minimum absolute atomic E-state index is 0.269. The third-order valence-electron chi connectivity index (χ3n) is 4.36. The molecule has 21 heavy (non-hydrogen) atoms. The van der Waals surface area contributed by atoms with Gasteiger partial charge < -0.3 is 10.6 Å². The minimum Gasteiger partial charge on any atom is -0.375 e. The fraction of sp³-hybridized carbons (Fsp3) is 0.375. The van der Waals surface area contributed by atoms with Gasteiger partial charge in [-0.25, -0.2) is 4.98 Å². The van der Waals surface area contributed by atoms with E-state index in [0.29, 0.717) is 11.6 Å². The van der Waals surface area contributed by atoms with Gasteiger partial charge in [-0.05, 0) is 49.4 Å². The molecule has 1 amide bonds. The van der Waals surface area contributed by atoms with Crippen molar-refractivity contribution < 1.29 is 4.79 Å². The maximum absolute atomic E-state index is 12.1. The summed E-state index contributed by atoms with van der Waals surface area (Å²) < 4.78 is 0. The molecular weight excluding hydrogens is 282 g/mol. The number of nitrogens with zero attached hydrogens (tertiary/aromatic N) is 2. The molecule has 2 N–H and O–H groups in total. The number of anilines is 2. The van der Waals surface area contributed by atoms with Crippen LogP contribution in [-0.4, -0.2) is 17.4 Å². The Balaban J connectivity index is 1.90. The Morgan fingerprint density at radius 3 is 2.71 bits per heavy atom. The predicted octanol–water partition coefficient (Wildman–Crippen LogP) is 2.93. The van der Waals surface area contributed by atoms with E-state index >= 15 is 0 Å². The lowest BCUT2D eigenvalue weighted by Gasteiger charge is -2.35. The number of aryl methyl sites for hydroxylation is 3. The third-order valence-corrected chi connectivity index (χ3v) is 5.16. The van der Waals surface area contributed by atoms with E-state index in [1.807, 2.05) is 4.90 Å². The topological polar surface area (TPSA) is 59.2 Å². The second-order valence-corrected chi connectivity index (χ2v) is 6.98. The van der Waals surface area contributed by atoms with Gasteiger partial charge in [0.25, 0.3) is 0 Å². The maximum Gasteiger partial charge on any atom is 0.227 e. The number of carbonyl (C=O) groups is 1. The molecule has 0 saturated heterocycles. The summed E-state index contributed by atoms with van der Waals surface area (Å²) >= 11 is 1.53. The molecule has 5 heteroatoms. The molecular formula is C16H17N3OS. The highest BCUT2D eigenvalue weighted by molar-refractivity contribution is 7.15. The number of carbonyl (C=O) groups excluding carboxylic acids is 1. The number of hydrogen-bond acceptors (Lipinski definition) is 4. The first-order valence-corrected chi connectivity index (χ1v) is 8.14. The van der Waals surface area contributed by atoms with E-state index in [-0.39, 0.29) is 5.91 Å². The lowest BCUT2D eigenvalue weighted by molar-refractivity contribution is -0.119. The van der Waals surface area contributed by atoms with E-state index < -0.39 is 0 Å². The first-order valence-electron chi connectivity index (χ1n) is 7.33. The monoisotopic (exact) mass is 299 g/mol. The van der Waals surface area contributed by atoms with Crippen LogP contribution in [0.3, 0.4) is 0 Å². The minimum atomic E-state index is 0.269. The van der Waals surface area contributed by atoms with Gasteiger partial charge in [0.15, 0.2) is 5.13 Å². The summed E-state index contributed by atoms with van der Waals surface area (Å²) in [5.41, 5.74) is 11.7. The number of thiazole rings is 1. The normalized spacial score (nSPS) is 17.0. The van der Waals surface area contributed by atoms with Gasteiger partial charge in [0, 0.05) is 23.4 Å². The fourth-order valence-corrected chi connectivity index (χ4v) is 4.19. The standard InChI is InChI=1S/C16H17N3OS/c1-9-14(18-16(17)21-9)12-7-10-3-2-6-19-13(20)5-4-11(8-12)15(10)19/h7-8H,2-6H2,1H3,(H2,17,18). The Hall–Kier alpha value is -1.88. The van der Waals surface area contributed by atoms with Crippen LogP contribution in [0, 0.1) is 6.92 Å². The number of benzene rings is 1. The molecule has 0 saturated carbocycles. The van der Waals surface area contributed by atoms with Crippen molar-refractivity contribution in [2.24, 2.45) is 0 Å². The summed E-state index contributed by atoms with van der Waals surface area (Å²) in [6, 6.07) is 4.40. The first kappa shape index (κ1) is 12.8. The number of hydrogen-bond donors (Lipinski definition) is 1. The Bertz CT molecular complexity index is 733. The summed E-state index contributed by atoms with van der Waals surface area (Å²) in [6.45, 7) is 2.92. The van der Waals surface area contributed by atoms with Crippen LogP contribution in [0.1, 0.15) is 28.8 Å². The third kappa shape index (κ3) is 1.95. The fourth-order valence-electron chi connectivity index (χ4n) is 3.47. The molecule has 2 aliphatic heterocycles. The van der Waals surface area contributed by atoms with Crippen molar-refractivity contribution in [2.45, 2.75) is 32.6 Å². The molecule has 0 unspecified atom stereocenters. The van der Waals surface area contributed by atoms with E-state index in [2.05, 4.69) is 24.0 Å². The zero-order chi connectivity index (χ0) is 14.6. The molecule has 4 nitrogen and oxygen atoms in total. The van der Waals surface area contributed by atoms with Gasteiger partial charge in [0.05, 0.1) is 11.4 Å². The Labute approximate surface area is 127 Å². The zero-order valence-corrected chi connectivity index (χ0v) is 12.8. The van der Waals surface area contributed by atoms with Gasteiger partial charge in [-0.1, -0.05) is 0 Å². The van der Waals surface area contributed by atoms with Gasteiger partial charge in [-0.2, -0.15) is 0 Å². The van der Waals surface area contributed by atoms with Crippen molar-refractivity contribution in [2.75, 3.05) is 17.2 Å². The van der Waals surface area contributed by atoms with Crippen LogP contribution in [0.5, 0.6) is 0 Å². The van der Waals surface area contributed by atoms with Crippen molar-refractivity contribution in [3.05, 3.63) is 28.1 Å². The molecule has 1 aromatic carbocycles. The average Bonchev–Trinajstić information content (AvgIpc) is 2.81. The summed E-state index contributed by atoms with van der Waals surface area (Å²) in [6.07, 6.45) is 3.54. The highest BCUT2D eigenvalue weighted by atomic mass is 32.1. The first-order chi connectivity index (χ1) is 10.1. The van der Waals surface area contributed by atoms with Crippen LogP contribution in [-0.2, 0) is 17.6 Å². The Morgan fingerprint density at radius 1 is 1.24 bits per heavy atom.